The van der Waals surface area contributed by atoms with Gasteiger partial charge in [0.25, 0.3) is 0 Å². The van der Waals surface area contributed by atoms with Gasteiger partial charge in [-0.3, -0.25) is 0 Å². The lowest BCUT2D eigenvalue weighted by atomic mass is 9.87. The summed E-state index contributed by atoms with van der Waals surface area (Å²) in [5.74, 6) is 0. The average molecular weight is 177 g/mol. The van der Waals surface area contributed by atoms with E-state index >= 15 is 0 Å². The standard InChI is InChI=1S/C11H15NO/c1-9-4-2-3-5-10(9)6-11(13)7-12-8-11/h2-5,12-13H,6-8H2,1H3. The number of rotatable bonds is 2. The van der Waals surface area contributed by atoms with E-state index in [0.29, 0.717) is 0 Å². The van der Waals surface area contributed by atoms with Crippen LogP contribution in [0, 0.1) is 6.92 Å². The van der Waals surface area contributed by atoms with Crippen LogP contribution < -0.4 is 5.32 Å². The van der Waals surface area contributed by atoms with Crippen molar-refractivity contribution < 1.29 is 5.11 Å². The van der Waals surface area contributed by atoms with Gasteiger partial charge in [-0.05, 0) is 18.1 Å². The number of hydrogen-bond acceptors (Lipinski definition) is 2. The van der Waals surface area contributed by atoms with Crippen molar-refractivity contribution in [2.24, 2.45) is 0 Å². The summed E-state index contributed by atoms with van der Waals surface area (Å²) in [4.78, 5) is 0. The predicted octanol–water partition coefficient (Wildman–Crippen LogP) is 0.872. The van der Waals surface area contributed by atoms with Gasteiger partial charge in [0, 0.05) is 19.5 Å². The monoisotopic (exact) mass is 177 g/mol. The summed E-state index contributed by atoms with van der Waals surface area (Å²) in [5, 5.41) is 13.0. The fourth-order valence-corrected chi connectivity index (χ4v) is 1.70. The zero-order valence-electron chi connectivity index (χ0n) is 7.88. The quantitative estimate of drug-likeness (QED) is 0.702. The molecule has 0 atom stereocenters. The second-order valence-corrected chi connectivity index (χ2v) is 3.93. The summed E-state index contributed by atoms with van der Waals surface area (Å²) >= 11 is 0. The average Bonchev–Trinajstić information content (AvgIpc) is 2.06. The molecule has 2 nitrogen and oxygen atoms in total. The number of benzene rings is 1. The molecule has 0 spiro atoms. The highest BCUT2D eigenvalue weighted by Crippen LogP contribution is 2.19. The second-order valence-electron chi connectivity index (χ2n) is 3.93. The summed E-state index contributed by atoms with van der Waals surface area (Å²) in [6, 6.07) is 8.23. The Bertz CT molecular complexity index is 305. The number of aryl methyl sites for hydroxylation is 1. The zero-order valence-corrected chi connectivity index (χ0v) is 7.88. The Labute approximate surface area is 78.6 Å². The fraction of sp³-hybridized carbons (Fsp3) is 0.455. The lowest BCUT2D eigenvalue weighted by Gasteiger charge is -2.38. The van der Waals surface area contributed by atoms with E-state index in [4.69, 9.17) is 0 Å². The van der Waals surface area contributed by atoms with E-state index in [1.54, 1.807) is 0 Å². The minimum atomic E-state index is -0.494. The van der Waals surface area contributed by atoms with Crippen molar-refractivity contribution in [1.29, 1.82) is 0 Å². The van der Waals surface area contributed by atoms with Crippen molar-refractivity contribution in [3.05, 3.63) is 35.4 Å². The molecule has 0 unspecified atom stereocenters. The second kappa shape index (κ2) is 3.13. The topological polar surface area (TPSA) is 32.3 Å². The largest absolute Gasteiger partial charge is 0.387 e. The smallest absolute Gasteiger partial charge is 0.0935 e. The molecule has 1 aliphatic rings. The van der Waals surface area contributed by atoms with Gasteiger partial charge in [-0.2, -0.15) is 0 Å². The number of hydrogen-bond donors (Lipinski definition) is 2. The van der Waals surface area contributed by atoms with Gasteiger partial charge in [-0.1, -0.05) is 24.3 Å². The first-order valence-electron chi connectivity index (χ1n) is 4.67. The minimum absolute atomic E-state index is 0.494. The molecule has 1 aromatic carbocycles. The Kier molecular flexibility index (Phi) is 2.10. The molecule has 70 valence electrons. The van der Waals surface area contributed by atoms with E-state index in [2.05, 4.69) is 24.4 Å². The van der Waals surface area contributed by atoms with Crippen LogP contribution in [0.25, 0.3) is 0 Å². The van der Waals surface area contributed by atoms with Crippen LogP contribution in [-0.4, -0.2) is 23.8 Å². The Hall–Kier alpha value is -0.860. The first-order chi connectivity index (χ1) is 6.20. The van der Waals surface area contributed by atoms with Crippen LogP contribution in [-0.2, 0) is 6.42 Å². The van der Waals surface area contributed by atoms with Gasteiger partial charge < -0.3 is 10.4 Å². The molecular formula is C11H15NO. The highest BCUT2D eigenvalue weighted by atomic mass is 16.3. The summed E-state index contributed by atoms with van der Waals surface area (Å²) < 4.78 is 0. The highest BCUT2D eigenvalue weighted by molar-refractivity contribution is 5.27. The zero-order chi connectivity index (χ0) is 9.31. The molecule has 0 radical (unpaired) electrons. The van der Waals surface area contributed by atoms with Crippen LogP contribution in [0.1, 0.15) is 11.1 Å². The Morgan fingerprint density at radius 1 is 1.38 bits per heavy atom. The molecule has 1 aromatic rings. The molecule has 0 bridgehead atoms. The molecule has 2 rings (SSSR count). The van der Waals surface area contributed by atoms with Crippen LogP contribution >= 0.6 is 0 Å². The van der Waals surface area contributed by atoms with Crippen molar-refractivity contribution in [3.8, 4) is 0 Å². The Balaban J connectivity index is 2.13. The number of aliphatic hydroxyl groups is 1. The Morgan fingerprint density at radius 3 is 2.62 bits per heavy atom. The minimum Gasteiger partial charge on any atom is -0.387 e. The summed E-state index contributed by atoms with van der Waals surface area (Å²) in [6.07, 6.45) is 0.771. The maximum absolute atomic E-state index is 9.93. The first-order valence-corrected chi connectivity index (χ1v) is 4.67. The first kappa shape index (κ1) is 8.73. The molecule has 0 aliphatic carbocycles. The highest BCUT2D eigenvalue weighted by Gasteiger charge is 2.34. The number of nitrogens with one attached hydrogen (secondary N) is 1. The molecule has 0 saturated carbocycles. The van der Waals surface area contributed by atoms with Crippen molar-refractivity contribution in [2.75, 3.05) is 13.1 Å². The maximum Gasteiger partial charge on any atom is 0.0935 e. The molecule has 1 fully saturated rings. The Morgan fingerprint density at radius 2 is 2.08 bits per heavy atom. The third kappa shape index (κ3) is 1.74. The van der Waals surface area contributed by atoms with E-state index in [1.807, 2.05) is 12.1 Å². The van der Waals surface area contributed by atoms with Crippen molar-refractivity contribution >= 4 is 0 Å². The van der Waals surface area contributed by atoms with Gasteiger partial charge in [0.05, 0.1) is 5.60 Å². The summed E-state index contributed by atoms with van der Waals surface area (Å²) in [6.45, 7) is 3.54. The van der Waals surface area contributed by atoms with Gasteiger partial charge in [-0.15, -0.1) is 0 Å². The molecule has 1 saturated heterocycles. The predicted molar refractivity (Wildman–Crippen MR) is 52.7 cm³/mol. The van der Waals surface area contributed by atoms with Crippen molar-refractivity contribution in [2.45, 2.75) is 18.9 Å². The molecule has 13 heavy (non-hydrogen) atoms. The van der Waals surface area contributed by atoms with Gasteiger partial charge in [0.1, 0.15) is 0 Å². The molecular weight excluding hydrogens is 162 g/mol. The van der Waals surface area contributed by atoms with Gasteiger partial charge >= 0.3 is 0 Å². The molecule has 0 aromatic heterocycles. The molecule has 1 aliphatic heterocycles. The van der Waals surface area contributed by atoms with Crippen molar-refractivity contribution in [3.63, 3.8) is 0 Å². The lowest BCUT2D eigenvalue weighted by Crippen LogP contribution is -2.60. The maximum atomic E-state index is 9.93. The van der Waals surface area contributed by atoms with Crippen LogP contribution in [0.3, 0.4) is 0 Å². The van der Waals surface area contributed by atoms with Gasteiger partial charge in [0.15, 0.2) is 0 Å². The number of β-amino-alcohol motifs (C(OH)–C–C–N with tert-alkyl or cyclic N) is 1. The van der Waals surface area contributed by atoms with E-state index in [-0.39, 0.29) is 0 Å². The normalized spacial score (nSPS) is 19.5. The summed E-state index contributed by atoms with van der Waals surface area (Å²) in [7, 11) is 0. The van der Waals surface area contributed by atoms with E-state index in [0.717, 1.165) is 19.5 Å². The molecule has 1 heterocycles. The van der Waals surface area contributed by atoms with Gasteiger partial charge in [-0.25, -0.2) is 0 Å². The third-order valence-electron chi connectivity index (χ3n) is 2.69. The lowest BCUT2D eigenvalue weighted by molar-refractivity contribution is -0.00914. The molecule has 2 heteroatoms. The SMILES string of the molecule is Cc1ccccc1CC1(O)CNC1. The molecule has 0 amide bonds. The third-order valence-corrected chi connectivity index (χ3v) is 2.69. The van der Waals surface area contributed by atoms with Gasteiger partial charge in [0.2, 0.25) is 0 Å². The molecule has 2 N–H and O–H groups in total. The van der Waals surface area contributed by atoms with Crippen LogP contribution in [0.2, 0.25) is 0 Å². The van der Waals surface area contributed by atoms with Crippen molar-refractivity contribution in [1.82, 2.24) is 5.32 Å². The van der Waals surface area contributed by atoms with E-state index in [1.165, 1.54) is 11.1 Å². The van der Waals surface area contributed by atoms with E-state index in [9.17, 15) is 5.11 Å². The van der Waals surface area contributed by atoms with Crippen LogP contribution in [0.5, 0.6) is 0 Å². The van der Waals surface area contributed by atoms with E-state index < -0.39 is 5.60 Å². The van der Waals surface area contributed by atoms with Crippen LogP contribution in [0.15, 0.2) is 24.3 Å². The fourth-order valence-electron chi connectivity index (χ4n) is 1.70. The van der Waals surface area contributed by atoms with Crippen LogP contribution in [0.4, 0.5) is 0 Å². The summed E-state index contributed by atoms with van der Waals surface area (Å²) in [5.41, 5.74) is 2.03.